The van der Waals surface area contributed by atoms with Crippen molar-refractivity contribution in [3.63, 3.8) is 0 Å². The molecule has 2 N–H and O–H groups in total. The molecule has 2 nitrogen and oxygen atoms in total. The van der Waals surface area contributed by atoms with Gasteiger partial charge in [0.1, 0.15) is 11.6 Å². The van der Waals surface area contributed by atoms with Crippen molar-refractivity contribution in [2.45, 2.75) is 6.54 Å². The molecule has 2 rings (SSSR count). The van der Waals surface area contributed by atoms with Gasteiger partial charge < -0.3 is 10.4 Å². The van der Waals surface area contributed by atoms with Gasteiger partial charge in [0.25, 0.3) is 0 Å². The number of para-hydroxylation sites is 1. The van der Waals surface area contributed by atoms with E-state index in [0.717, 1.165) is 6.07 Å². The summed E-state index contributed by atoms with van der Waals surface area (Å²) in [5.41, 5.74) is 1.19. The Labute approximate surface area is 114 Å². The molecule has 0 bridgehead atoms. The highest BCUT2D eigenvalue weighted by molar-refractivity contribution is 6.39. The van der Waals surface area contributed by atoms with Crippen molar-refractivity contribution in [1.82, 2.24) is 0 Å². The van der Waals surface area contributed by atoms with Crippen molar-refractivity contribution in [3.8, 4) is 5.75 Å². The van der Waals surface area contributed by atoms with E-state index in [0.29, 0.717) is 27.8 Å². The molecule has 0 saturated heterocycles. The second-order valence-electron chi connectivity index (χ2n) is 3.77. The fourth-order valence-corrected chi connectivity index (χ4v) is 2.12. The average molecular weight is 286 g/mol. The number of nitrogens with one attached hydrogen (secondary N) is 1. The van der Waals surface area contributed by atoms with Crippen LogP contribution in [0.3, 0.4) is 0 Å². The van der Waals surface area contributed by atoms with E-state index in [2.05, 4.69) is 5.32 Å². The summed E-state index contributed by atoms with van der Waals surface area (Å²) < 4.78 is 13.1. The molecule has 0 radical (unpaired) electrons. The van der Waals surface area contributed by atoms with Gasteiger partial charge in [-0.25, -0.2) is 4.39 Å². The third kappa shape index (κ3) is 3.06. The van der Waals surface area contributed by atoms with Gasteiger partial charge in [-0.05, 0) is 29.8 Å². The van der Waals surface area contributed by atoms with Crippen LogP contribution in [0.15, 0.2) is 36.4 Å². The number of halogens is 3. The lowest BCUT2D eigenvalue weighted by Crippen LogP contribution is -2.01. The minimum Gasteiger partial charge on any atom is -0.508 e. The molecule has 2 aromatic rings. The fraction of sp³-hybridized carbons (Fsp3) is 0.0769. The molecule has 0 saturated carbocycles. The Morgan fingerprint density at radius 1 is 1.11 bits per heavy atom. The molecule has 0 fully saturated rings. The van der Waals surface area contributed by atoms with E-state index in [4.69, 9.17) is 23.2 Å². The molecule has 0 atom stereocenters. The third-order valence-electron chi connectivity index (χ3n) is 2.37. The molecular formula is C13H10Cl2FNO. The summed E-state index contributed by atoms with van der Waals surface area (Å²) in [6, 6.07) is 9.01. The molecule has 0 aliphatic carbocycles. The summed E-state index contributed by atoms with van der Waals surface area (Å²) in [5, 5.41) is 13.3. The van der Waals surface area contributed by atoms with Gasteiger partial charge in [0, 0.05) is 12.6 Å². The van der Waals surface area contributed by atoms with Crippen LogP contribution >= 0.6 is 23.2 Å². The first kappa shape index (κ1) is 13.0. The topological polar surface area (TPSA) is 32.3 Å². The Balaban J connectivity index is 2.16. The summed E-state index contributed by atoms with van der Waals surface area (Å²) >= 11 is 12.0. The third-order valence-corrected chi connectivity index (χ3v) is 3.00. The number of anilines is 1. The maximum Gasteiger partial charge on any atom is 0.127 e. The largest absolute Gasteiger partial charge is 0.508 e. The summed E-state index contributed by atoms with van der Waals surface area (Å²) in [5.74, 6) is -0.603. The maximum atomic E-state index is 13.1. The lowest BCUT2D eigenvalue weighted by atomic mass is 10.2. The van der Waals surface area contributed by atoms with Gasteiger partial charge in [0.15, 0.2) is 0 Å². The van der Waals surface area contributed by atoms with Gasteiger partial charge in [-0.3, -0.25) is 0 Å². The molecule has 2 aromatic carbocycles. The van der Waals surface area contributed by atoms with Crippen LogP contribution < -0.4 is 5.32 Å². The highest BCUT2D eigenvalue weighted by Crippen LogP contribution is 2.30. The fourth-order valence-electron chi connectivity index (χ4n) is 1.59. The standard InChI is InChI=1S/C13H10Cl2FNO/c14-11-2-1-3-12(15)13(11)17-7-8-4-9(16)6-10(18)5-8/h1-6,17-18H,7H2. The molecule has 0 unspecified atom stereocenters. The summed E-state index contributed by atoms with van der Waals surface area (Å²) in [4.78, 5) is 0. The Morgan fingerprint density at radius 2 is 1.78 bits per heavy atom. The van der Waals surface area contributed by atoms with E-state index >= 15 is 0 Å². The Hall–Kier alpha value is -1.45. The van der Waals surface area contributed by atoms with Crippen LogP contribution in [0.25, 0.3) is 0 Å². The number of phenolic OH excluding ortho intramolecular Hbond substituents is 1. The SMILES string of the molecule is Oc1cc(F)cc(CNc2c(Cl)cccc2Cl)c1. The monoisotopic (exact) mass is 285 g/mol. The second kappa shape index (κ2) is 5.46. The van der Waals surface area contributed by atoms with Crippen molar-refractivity contribution in [1.29, 1.82) is 0 Å². The quantitative estimate of drug-likeness (QED) is 0.873. The highest BCUT2D eigenvalue weighted by atomic mass is 35.5. The molecular weight excluding hydrogens is 276 g/mol. The van der Waals surface area contributed by atoms with Crippen molar-refractivity contribution in [2.75, 3.05) is 5.32 Å². The molecule has 5 heteroatoms. The molecule has 0 spiro atoms. The highest BCUT2D eigenvalue weighted by Gasteiger charge is 2.05. The zero-order valence-corrected chi connectivity index (χ0v) is 10.8. The minimum atomic E-state index is -0.489. The summed E-state index contributed by atoms with van der Waals surface area (Å²) in [6.07, 6.45) is 0. The molecule has 18 heavy (non-hydrogen) atoms. The van der Waals surface area contributed by atoms with Crippen LogP contribution in [0, 0.1) is 5.82 Å². The summed E-state index contributed by atoms with van der Waals surface area (Å²) in [6.45, 7) is 0.314. The van der Waals surface area contributed by atoms with E-state index in [1.165, 1.54) is 12.1 Å². The van der Waals surface area contributed by atoms with Gasteiger partial charge >= 0.3 is 0 Å². The smallest absolute Gasteiger partial charge is 0.127 e. The van der Waals surface area contributed by atoms with Gasteiger partial charge in [0.05, 0.1) is 15.7 Å². The predicted molar refractivity (Wildman–Crippen MR) is 71.9 cm³/mol. The van der Waals surface area contributed by atoms with E-state index < -0.39 is 5.82 Å². The molecule has 94 valence electrons. The van der Waals surface area contributed by atoms with Crippen LogP contribution in [-0.4, -0.2) is 5.11 Å². The van der Waals surface area contributed by atoms with Crippen molar-refractivity contribution >= 4 is 28.9 Å². The van der Waals surface area contributed by atoms with Crippen LogP contribution in [0.2, 0.25) is 10.0 Å². The first-order valence-corrected chi connectivity index (χ1v) is 5.98. The average Bonchev–Trinajstić information content (AvgIpc) is 2.27. The van der Waals surface area contributed by atoms with Crippen LogP contribution in [0.4, 0.5) is 10.1 Å². The number of benzene rings is 2. The number of rotatable bonds is 3. The number of aromatic hydroxyl groups is 1. The van der Waals surface area contributed by atoms with Gasteiger partial charge in [-0.15, -0.1) is 0 Å². The normalized spacial score (nSPS) is 10.4. The maximum absolute atomic E-state index is 13.1. The zero-order valence-electron chi connectivity index (χ0n) is 9.25. The Morgan fingerprint density at radius 3 is 2.39 bits per heavy atom. The van der Waals surface area contributed by atoms with E-state index in [1.54, 1.807) is 18.2 Å². The Kier molecular flexibility index (Phi) is 3.94. The zero-order chi connectivity index (χ0) is 13.1. The van der Waals surface area contributed by atoms with Crippen LogP contribution in [0.1, 0.15) is 5.56 Å². The molecule has 0 aliphatic rings. The van der Waals surface area contributed by atoms with E-state index in [9.17, 15) is 9.50 Å². The predicted octanol–water partition coefficient (Wildman–Crippen LogP) is 4.45. The first-order valence-electron chi connectivity index (χ1n) is 5.22. The Bertz CT molecular complexity index is 534. The molecule has 0 heterocycles. The van der Waals surface area contributed by atoms with Crippen LogP contribution in [0.5, 0.6) is 5.75 Å². The first-order chi connectivity index (χ1) is 8.56. The van der Waals surface area contributed by atoms with Crippen molar-refractivity contribution in [3.05, 3.63) is 57.8 Å². The van der Waals surface area contributed by atoms with Crippen molar-refractivity contribution < 1.29 is 9.50 Å². The molecule has 0 aromatic heterocycles. The molecule has 0 amide bonds. The lowest BCUT2D eigenvalue weighted by Gasteiger charge is -2.10. The van der Waals surface area contributed by atoms with Gasteiger partial charge in [-0.1, -0.05) is 29.3 Å². The van der Waals surface area contributed by atoms with Crippen molar-refractivity contribution in [2.24, 2.45) is 0 Å². The number of hydrogen-bond acceptors (Lipinski definition) is 2. The van der Waals surface area contributed by atoms with E-state index in [1.807, 2.05) is 0 Å². The summed E-state index contributed by atoms with van der Waals surface area (Å²) in [7, 11) is 0. The van der Waals surface area contributed by atoms with Crippen LogP contribution in [-0.2, 0) is 6.54 Å². The number of phenols is 1. The van der Waals surface area contributed by atoms with Gasteiger partial charge in [0.2, 0.25) is 0 Å². The molecule has 0 aliphatic heterocycles. The van der Waals surface area contributed by atoms with E-state index in [-0.39, 0.29) is 5.75 Å². The minimum absolute atomic E-state index is 0.114. The number of hydrogen-bond donors (Lipinski definition) is 2. The second-order valence-corrected chi connectivity index (χ2v) is 4.58. The lowest BCUT2D eigenvalue weighted by molar-refractivity contribution is 0.468. The van der Waals surface area contributed by atoms with Gasteiger partial charge in [-0.2, -0.15) is 0 Å².